The Hall–Kier alpha value is -2.78. The lowest BCUT2D eigenvalue weighted by Gasteiger charge is -2.33. The van der Waals surface area contributed by atoms with Crippen LogP contribution in [0.15, 0.2) is 71.6 Å². The van der Waals surface area contributed by atoms with Gasteiger partial charge in [0.1, 0.15) is 12.6 Å². The summed E-state index contributed by atoms with van der Waals surface area (Å²) in [6, 6.07) is 16.7. The number of nitrogens with zero attached hydrogens (tertiary/aromatic N) is 2. The second-order valence-electron chi connectivity index (χ2n) is 8.54. The van der Waals surface area contributed by atoms with Gasteiger partial charge in [-0.3, -0.25) is 13.9 Å². The molecule has 0 aliphatic heterocycles. The Bertz CT molecular complexity index is 1400. The summed E-state index contributed by atoms with van der Waals surface area (Å²) in [5.74, 6) is -1.04. The predicted molar refractivity (Wildman–Crippen MR) is 152 cm³/mol. The third-order valence-electron chi connectivity index (χ3n) is 6.03. The number of hydrogen-bond donors (Lipinski definition) is 1. The second kappa shape index (κ2) is 12.8. The van der Waals surface area contributed by atoms with Crippen LogP contribution in [0.2, 0.25) is 15.1 Å². The lowest BCUT2D eigenvalue weighted by atomic mass is 10.1. The molecule has 1 atom stereocenters. The van der Waals surface area contributed by atoms with Crippen LogP contribution in [0.25, 0.3) is 0 Å². The summed E-state index contributed by atoms with van der Waals surface area (Å²) in [5.41, 5.74) is 1.45. The van der Waals surface area contributed by atoms with E-state index in [4.69, 9.17) is 34.8 Å². The summed E-state index contributed by atoms with van der Waals surface area (Å²) < 4.78 is 28.6. The van der Waals surface area contributed by atoms with Crippen molar-refractivity contribution in [3.8, 4) is 0 Å². The minimum Gasteiger partial charge on any atom is -0.357 e. The number of nitrogens with one attached hydrogen (secondary N) is 1. The predicted octanol–water partition coefficient (Wildman–Crippen LogP) is 5.70. The molecule has 202 valence electrons. The highest BCUT2D eigenvalue weighted by Crippen LogP contribution is 2.32. The van der Waals surface area contributed by atoms with E-state index in [0.717, 1.165) is 9.87 Å². The van der Waals surface area contributed by atoms with Crippen molar-refractivity contribution >= 4 is 62.3 Å². The first kappa shape index (κ1) is 29.8. The Morgan fingerprint density at radius 3 is 2.03 bits per heavy atom. The van der Waals surface area contributed by atoms with E-state index < -0.39 is 34.4 Å². The van der Waals surface area contributed by atoms with Crippen molar-refractivity contribution in [3.63, 3.8) is 0 Å². The van der Waals surface area contributed by atoms with Crippen molar-refractivity contribution in [3.05, 3.63) is 92.9 Å². The fraction of sp³-hybridized carbons (Fsp3) is 0.259. The van der Waals surface area contributed by atoms with Crippen molar-refractivity contribution in [2.75, 3.05) is 17.9 Å². The summed E-state index contributed by atoms with van der Waals surface area (Å²) in [4.78, 5) is 28.0. The molecule has 0 spiro atoms. The molecule has 1 unspecified atom stereocenters. The number of aryl methyl sites for hydroxylation is 1. The quantitative estimate of drug-likeness (QED) is 0.325. The number of para-hydroxylation sites is 1. The van der Waals surface area contributed by atoms with Crippen molar-refractivity contribution in [2.24, 2.45) is 0 Å². The third-order valence-corrected chi connectivity index (χ3v) is 8.83. The normalized spacial score (nSPS) is 12.1. The topological polar surface area (TPSA) is 86.8 Å². The maximum Gasteiger partial charge on any atom is 0.264 e. The van der Waals surface area contributed by atoms with Crippen LogP contribution in [-0.2, 0) is 26.2 Å². The molecule has 0 aliphatic rings. The maximum absolute atomic E-state index is 13.9. The van der Waals surface area contributed by atoms with Gasteiger partial charge in [0.05, 0.1) is 15.6 Å². The molecule has 0 heterocycles. The fourth-order valence-electron chi connectivity index (χ4n) is 3.94. The first-order chi connectivity index (χ1) is 18.0. The number of carbonyl (C=O) groups is 2. The third kappa shape index (κ3) is 6.61. The van der Waals surface area contributed by atoms with Crippen LogP contribution in [0.5, 0.6) is 0 Å². The van der Waals surface area contributed by atoms with Crippen molar-refractivity contribution in [2.45, 2.75) is 37.8 Å². The Labute approximate surface area is 238 Å². The number of amides is 2. The number of carbonyl (C=O) groups excluding carboxylic acids is 2. The summed E-state index contributed by atoms with van der Waals surface area (Å²) >= 11 is 19.2. The molecule has 11 heteroatoms. The molecule has 0 saturated heterocycles. The number of sulfonamides is 1. The Morgan fingerprint density at radius 1 is 0.895 bits per heavy atom. The first-order valence-corrected chi connectivity index (χ1v) is 14.4. The van der Waals surface area contributed by atoms with Gasteiger partial charge in [-0.1, -0.05) is 77.6 Å². The number of benzene rings is 3. The molecule has 2 amide bonds. The van der Waals surface area contributed by atoms with Crippen molar-refractivity contribution < 1.29 is 18.0 Å². The van der Waals surface area contributed by atoms with E-state index in [0.29, 0.717) is 15.6 Å². The van der Waals surface area contributed by atoms with E-state index in [9.17, 15) is 18.0 Å². The Morgan fingerprint density at radius 2 is 1.47 bits per heavy atom. The molecule has 3 aromatic rings. The standard InChI is InChI=1S/C27H28Cl3N3O4S/c1-4-24(27(35)31-3)32(16-20-21(28)9-7-10-22(20)29)26(34)17-33(25-11-6-5-8-23(25)30)38(36,37)19-14-12-18(2)13-15-19/h5-15,24H,4,16-17H2,1-3H3,(H,31,35). The van der Waals surface area contributed by atoms with Gasteiger partial charge in [-0.15, -0.1) is 0 Å². The Kier molecular flexibility index (Phi) is 10.1. The zero-order valence-corrected chi connectivity index (χ0v) is 24.2. The zero-order chi connectivity index (χ0) is 28.0. The van der Waals surface area contributed by atoms with Gasteiger partial charge in [-0.25, -0.2) is 8.42 Å². The highest BCUT2D eigenvalue weighted by Gasteiger charge is 2.34. The summed E-state index contributed by atoms with van der Waals surface area (Å²) in [6.45, 7) is 2.87. The number of likely N-dealkylation sites (N-methyl/N-ethyl adjacent to an activating group) is 1. The van der Waals surface area contributed by atoms with E-state index in [-0.39, 0.29) is 28.6 Å². The molecule has 0 aliphatic carbocycles. The summed E-state index contributed by atoms with van der Waals surface area (Å²) in [7, 11) is -2.75. The molecule has 3 aromatic carbocycles. The van der Waals surface area contributed by atoms with Crippen LogP contribution in [0.4, 0.5) is 5.69 Å². The van der Waals surface area contributed by atoms with E-state index >= 15 is 0 Å². The smallest absolute Gasteiger partial charge is 0.264 e. The van der Waals surface area contributed by atoms with Gasteiger partial charge in [0, 0.05) is 29.2 Å². The van der Waals surface area contributed by atoms with E-state index in [2.05, 4.69) is 5.32 Å². The van der Waals surface area contributed by atoms with Gasteiger partial charge >= 0.3 is 0 Å². The highest BCUT2D eigenvalue weighted by atomic mass is 35.5. The SMILES string of the molecule is CCC(C(=O)NC)N(Cc1c(Cl)cccc1Cl)C(=O)CN(c1ccccc1Cl)S(=O)(=O)c1ccc(C)cc1. The molecule has 7 nitrogen and oxygen atoms in total. The molecule has 0 saturated carbocycles. The van der Waals surface area contributed by atoms with Crippen LogP contribution in [0.1, 0.15) is 24.5 Å². The molecule has 0 fully saturated rings. The van der Waals surface area contributed by atoms with Gasteiger partial charge in [0.2, 0.25) is 11.8 Å². The van der Waals surface area contributed by atoms with Crippen molar-refractivity contribution in [1.29, 1.82) is 0 Å². The molecular formula is C27H28Cl3N3O4S. The molecule has 0 bridgehead atoms. The number of rotatable bonds is 10. The average molecular weight is 597 g/mol. The monoisotopic (exact) mass is 595 g/mol. The minimum absolute atomic E-state index is 0.00476. The van der Waals surface area contributed by atoms with Gasteiger partial charge in [0.25, 0.3) is 10.0 Å². The van der Waals surface area contributed by atoms with Gasteiger partial charge in [0.15, 0.2) is 0 Å². The Balaban J connectivity index is 2.11. The van der Waals surface area contributed by atoms with Gasteiger partial charge in [-0.05, 0) is 49.7 Å². The van der Waals surface area contributed by atoms with E-state index in [1.807, 2.05) is 6.92 Å². The average Bonchev–Trinajstić information content (AvgIpc) is 2.89. The molecule has 0 aromatic heterocycles. The van der Waals surface area contributed by atoms with Crippen LogP contribution < -0.4 is 9.62 Å². The molecule has 3 rings (SSSR count). The number of anilines is 1. The number of hydrogen-bond acceptors (Lipinski definition) is 4. The summed E-state index contributed by atoms with van der Waals surface area (Å²) in [5, 5.41) is 3.35. The molecule has 0 radical (unpaired) electrons. The minimum atomic E-state index is -4.22. The molecular weight excluding hydrogens is 569 g/mol. The van der Waals surface area contributed by atoms with Crippen molar-refractivity contribution in [1.82, 2.24) is 10.2 Å². The van der Waals surface area contributed by atoms with Gasteiger partial charge < -0.3 is 10.2 Å². The highest BCUT2D eigenvalue weighted by molar-refractivity contribution is 7.92. The fourth-order valence-corrected chi connectivity index (χ4v) is 6.18. The largest absolute Gasteiger partial charge is 0.357 e. The summed E-state index contributed by atoms with van der Waals surface area (Å²) in [6.07, 6.45) is 0.268. The van der Waals surface area contributed by atoms with Crippen LogP contribution in [0, 0.1) is 6.92 Å². The molecule has 38 heavy (non-hydrogen) atoms. The lowest BCUT2D eigenvalue weighted by molar-refractivity contribution is -0.140. The first-order valence-electron chi connectivity index (χ1n) is 11.8. The second-order valence-corrected chi connectivity index (χ2v) is 11.6. The maximum atomic E-state index is 13.9. The van der Waals surface area contributed by atoms with E-state index in [1.165, 1.54) is 30.1 Å². The van der Waals surface area contributed by atoms with Gasteiger partial charge in [-0.2, -0.15) is 0 Å². The zero-order valence-electron chi connectivity index (χ0n) is 21.1. The van der Waals surface area contributed by atoms with Crippen LogP contribution in [0.3, 0.4) is 0 Å². The van der Waals surface area contributed by atoms with Crippen LogP contribution >= 0.6 is 34.8 Å². The molecule has 1 N–H and O–H groups in total. The van der Waals surface area contributed by atoms with E-state index in [1.54, 1.807) is 55.5 Å². The number of halogens is 3. The van der Waals surface area contributed by atoms with Crippen LogP contribution in [-0.4, -0.2) is 44.8 Å². The lowest BCUT2D eigenvalue weighted by Crippen LogP contribution is -2.51.